The van der Waals surface area contributed by atoms with Crippen molar-refractivity contribution < 1.29 is 23.9 Å². The van der Waals surface area contributed by atoms with Crippen molar-refractivity contribution in [1.82, 2.24) is 9.88 Å². The standard InChI is InChI=1S/C15H23N3O5/c1-9-7-12(11(3)18(9)5-6-22-4)13(19)8-23-14(20)10(2)17-15(16)21/h7,10H,5-6,8H2,1-4H3,(H3,16,17,21)/t10-/m0/s1. The Balaban J connectivity index is 2.68. The number of rotatable bonds is 8. The molecule has 0 unspecified atom stereocenters. The predicted octanol–water partition coefficient (Wildman–Crippen LogP) is 0.534. The van der Waals surface area contributed by atoms with Crippen LogP contribution >= 0.6 is 0 Å². The number of ketones is 1. The fraction of sp³-hybridized carbons (Fsp3) is 0.533. The van der Waals surface area contributed by atoms with E-state index in [0.29, 0.717) is 18.7 Å². The number of carbonyl (C=O) groups excluding carboxylic acids is 3. The molecule has 2 amide bonds. The van der Waals surface area contributed by atoms with E-state index >= 15 is 0 Å². The van der Waals surface area contributed by atoms with Gasteiger partial charge in [-0.05, 0) is 26.8 Å². The molecule has 8 nitrogen and oxygen atoms in total. The molecule has 3 N–H and O–H groups in total. The molecule has 8 heteroatoms. The minimum absolute atomic E-state index is 0.304. The summed E-state index contributed by atoms with van der Waals surface area (Å²) in [6.45, 7) is 5.93. The number of urea groups is 1. The molecule has 0 aliphatic carbocycles. The van der Waals surface area contributed by atoms with Gasteiger partial charge in [0.1, 0.15) is 6.04 Å². The SMILES string of the molecule is COCCn1c(C)cc(C(=O)COC(=O)[C@H](C)NC(N)=O)c1C. The number of esters is 1. The molecule has 1 rings (SSSR count). The van der Waals surface area contributed by atoms with E-state index in [4.69, 9.17) is 15.2 Å². The lowest BCUT2D eigenvalue weighted by Gasteiger charge is -2.11. The van der Waals surface area contributed by atoms with Crippen molar-refractivity contribution in [1.29, 1.82) is 0 Å². The van der Waals surface area contributed by atoms with Crippen LogP contribution in [0, 0.1) is 13.8 Å². The monoisotopic (exact) mass is 325 g/mol. The fourth-order valence-corrected chi connectivity index (χ4v) is 2.22. The zero-order valence-electron chi connectivity index (χ0n) is 13.8. The third kappa shape index (κ3) is 5.10. The molecule has 0 saturated carbocycles. The predicted molar refractivity (Wildman–Crippen MR) is 83.3 cm³/mol. The Hall–Kier alpha value is -2.35. The van der Waals surface area contributed by atoms with Gasteiger partial charge in [-0.3, -0.25) is 4.79 Å². The summed E-state index contributed by atoms with van der Waals surface area (Å²) >= 11 is 0. The lowest BCUT2D eigenvalue weighted by Crippen LogP contribution is -2.42. The van der Waals surface area contributed by atoms with E-state index in [2.05, 4.69) is 5.32 Å². The van der Waals surface area contributed by atoms with Gasteiger partial charge in [-0.25, -0.2) is 9.59 Å². The number of ether oxygens (including phenoxy) is 2. The van der Waals surface area contributed by atoms with Gasteiger partial charge in [0.25, 0.3) is 0 Å². The van der Waals surface area contributed by atoms with E-state index in [1.165, 1.54) is 6.92 Å². The third-order valence-electron chi connectivity index (χ3n) is 3.45. The van der Waals surface area contributed by atoms with Crippen molar-refractivity contribution in [2.45, 2.75) is 33.4 Å². The molecule has 23 heavy (non-hydrogen) atoms. The Morgan fingerprint density at radius 3 is 2.57 bits per heavy atom. The largest absolute Gasteiger partial charge is 0.456 e. The van der Waals surface area contributed by atoms with Crippen LogP contribution in [0.25, 0.3) is 0 Å². The second-order valence-corrected chi connectivity index (χ2v) is 5.19. The first-order valence-corrected chi connectivity index (χ1v) is 7.19. The molecule has 0 bridgehead atoms. The van der Waals surface area contributed by atoms with Gasteiger partial charge in [-0.1, -0.05) is 0 Å². The van der Waals surface area contributed by atoms with Crippen molar-refractivity contribution >= 4 is 17.8 Å². The molecule has 0 aromatic carbocycles. The number of hydrogen-bond donors (Lipinski definition) is 2. The van der Waals surface area contributed by atoms with E-state index in [-0.39, 0.29) is 5.78 Å². The summed E-state index contributed by atoms with van der Waals surface area (Å²) in [7, 11) is 1.61. The van der Waals surface area contributed by atoms with E-state index in [0.717, 1.165) is 11.4 Å². The Labute approximate surface area is 134 Å². The van der Waals surface area contributed by atoms with Crippen LogP contribution in [0.15, 0.2) is 6.07 Å². The molecule has 1 aromatic rings. The van der Waals surface area contributed by atoms with Crippen LogP contribution in [0.1, 0.15) is 28.7 Å². The van der Waals surface area contributed by atoms with Gasteiger partial charge in [0.15, 0.2) is 6.61 Å². The third-order valence-corrected chi connectivity index (χ3v) is 3.45. The maximum atomic E-state index is 12.2. The summed E-state index contributed by atoms with van der Waals surface area (Å²) in [5.41, 5.74) is 7.15. The second kappa shape index (κ2) is 8.33. The number of hydrogen-bond acceptors (Lipinski definition) is 5. The van der Waals surface area contributed by atoms with Gasteiger partial charge in [0.2, 0.25) is 5.78 Å². The molecular formula is C15H23N3O5. The quantitative estimate of drug-likeness (QED) is 0.535. The first-order chi connectivity index (χ1) is 10.8. The van der Waals surface area contributed by atoms with Crippen molar-refractivity contribution in [2.24, 2.45) is 5.73 Å². The van der Waals surface area contributed by atoms with Crippen LogP contribution in [-0.2, 0) is 20.8 Å². The second-order valence-electron chi connectivity index (χ2n) is 5.19. The lowest BCUT2D eigenvalue weighted by atomic mass is 10.1. The molecule has 0 aliphatic rings. The minimum atomic E-state index is -0.908. The number of primary amides is 1. The van der Waals surface area contributed by atoms with Crippen molar-refractivity contribution in [2.75, 3.05) is 20.3 Å². The minimum Gasteiger partial charge on any atom is -0.456 e. The van der Waals surface area contributed by atoms with Crippen LogP contribution < -0.4 is 11.1 Å². The normalized spacial score (nSPS) is 11.8. The van der Waals surface area contributed by atoms with E-state index in [1.807, 2.05) is 18.4 Å². The number of amides is 2. The van der Waals surface area contributed by atoms with Gasteiger partial charge in [0.05, 0.1) is 6.61 Å². The summed E-state index contributed by atoms with van der Waals surface area (Å²) in [6, 6.07) is 0.0172. The number of nitrogens with zero attached hydrogens (tertiary/aromatic N) is 1. The number of nitrogens with one attached hydrogen (secondary N) is 1. The molecule has 128 valence electrons. The molecule has 0 spiro atoms. The maximum absolute atomic E-state index is 12.2. The summed E-state index contributed by atoms with van der Waals surface area (Å²) in [6.07, 6.45) is 0. The summed E-state index contributed by atoms with van der Waals surface area (Å²) in [5, 5.41) is 2.19. The Kier molecular flexibility index (Phi) is 6.77. The number of aromatic nitrogens is 1. The number of aryl methyl sites for hydroxylation is 1. The van der Waals surface area contributed by atoms with Crippen LogP contribution in [0.5, 0.6) is 0 Å². The highest BCUT2D eigenvalue weighted by Crippen LogP contribution is 2.16. The zero-order chi connectivity index (χ0) is 17.6. The summed E-state index contributed by atoms with van der Waals surface area (Å²) in [4.78, 5) is 34.5. The summed E-state index contributed by atoms with van der Waals surface area (Å²) in [5.74, 6) is -1.02. The van der Waals surface area contributed by atoms with Crippen LogP contribution in [0.4, 0.5) is 4.79 Å². The first kappa shape index (κ1) is 18.7. The Morgan fingerprint density at radius 1 is 1.35 bits per heavy atom. The van der Waals surface area contributed by atoms with Gasteiger partial charge < -0.3 is 25.1 Å². The highest BCUT2D eigenvalue weighted by atomic mass is 16.5. The van der Waals surface area contributed by atoms with Crippen LogP contribution in [-0.4, -0.2) is 48.7 Å². The first-order valence-electron chi connectivity index (χ1n) is 7.19. The average Bonchev–Trinajstić information content (AvgIpc) is 2.76. The smallest absolute Gasteiger partial charge is 0.328 e. The molecule has 0 aliphatic heterocycles. The fourth-order valence-electron chi connectivity index (χ4n) is 2.22. The molecule has 0 fully saturated rings. The van der Waals surface area contributed by atoms with E-state index in [1.54, 1.807) is 13.2 Å². The zero-order valence-corrected chi connectivity index (χ0v) is 13.8. The lowest BCUT2D eigenvalue weighted by molar-refractivity contribution is -0.144. The average molecular weight is 325 g/mol. The highest BCUT2D eigenvalue weighted by molar-refractivity contribution is 5.99. The molecule has 1 atom stereocenters. The molecule has 1 heterocycles. The highest BCUT2D eigenvalue weighted by Gasteiger charge is 2.20. The Bertz CT molecular complexity index is 594. The number of carbonyl (C=O) groups is 3. The van der Waals surface area contributed by atoms with Crippen molar-refractivity contribution in [3.05, 3.63) is 23.0 Å². The molecular weight excluding hydrogens is 302 g/mol. The molecule has 1 aromatic heterocycles. The van der Waals surface area contributed by atoms with E-state index in [9.17, 15) is 14.4 Å². The van der Waals surface area contributed by atoms with Crippen molar-refractivity contribution in [3.8, 4) is 0 Å². The number of Topliss-reactive ketones (excluding diaryl/α,β-unsaturated/α-hetero) is 1. The maximum Gasteiger partial charge on any atom is 0.328 e. The Morgan fingerprint density at radius 2 is 2.00 bits per heavy atom. The van der Waals surface area contributed by atoms with Gasteiger partial charge in [-0.2, -0.15) is 0 Å². The molecule has 0 saturated heterocycles. The number of methoxy groups -OCH3 is 1. The number of nitrogens with two attached hydrogens (primary N) is 1. The van der Waals surface area contributed by atoms with E-state index < -0.39 is 24.6 Å². The van der Waals surface area contributed by atoms with Gasteiger partial charge in [0, 0.05) is 30.6 Å². The van der Waals surface area contributed by atoms with Crippen LogP contribution in [0.3, 0.4) is 0 Å². The van der Waals surface area contributed by atoms with Gasteiger partial charge in [-0.15, -0.1) is 0 Å². The molecule has 0 radical (unpaired) electrons. The van der Waals surface area contributed by atoms with Gasteiger partial charge >= 0.3 is 12.0 Å². The van der Waals surface area contributed by atoms with Crippen LogP contribution in [0.2, 0.25) is 0 Å². The van der Waals surface area contributed by atoms with Crippen molar-refractivity contribution in [3.63, 3.8) is 0 Å². The topological polar surface area (TPSA) is 113 Å². The summed E-state index contributed by atoms with van der Waals surface area (Å²) < 4.78 is 11.9.